The molecule has 0 aliphatic carbocycles. The highest BCUT2D eigenvalue weighted by molar-refractivity contribution is 9.10. The second-order valence-electron chi connectivity index (χ2n) is 4.95. The van der Waals surface area contributed by atoms with Crippen LogP contribution in [0.1, 0.15) is 5.69 Å². The van der Waals surface area contributed by atoms with E-state index in [1.165, 1.54) is 12.1 Å². The molecule has 0 saturated heterocycles. The maximum absolute atomic E-state index is 10.6. The second-order valence-corrected chi connectivity index (χ2v) is 5.87. The van der Waals surface area contributed by atoms with Crippen LogP contribution in [-0.2, 0) is 0 Å². The summed E-state index contributed by atoms with van der Waals surface area (Å²) in [6, 6.07) is 17.9. The minimum Gasteiger partial charge on any atom is -0.316 e. The van der Waals surface area contributed by atoms with Gasteiger partial charge in [0.05, 0.1) is 22.5 Å². The molecule has 120 valence electrons. The fourth-order valence-corrected chi connectivity index (χ4v) is 2.43. The summed E-state index contributed by atoms with van der Waals surface area (Å²) in [7, 11) is 0. The Kier molecular flexibility index (Phi) is 4.72. The molecule has 3 rings (SSSR count). The molecule has 1 heterocycles. The summed E-state index contributed by atoms with van der Waals surface area (Å²) in [4.78, 5) is 10.2. The fourth-order valence-electron chi connectivity index (χ4n) is 2.17. The van der Waals surface area contributed by atoms with Crippen molar-refractivity contribution in [3.8, 4) is 5.69 Å². The predicted octanol–water partition coefficient (Wildman–Crippen LogP) is 4.59. The van der Waals surface area contributed by atoms with Crippen LogP contribution in [0.15, 0.2) is 76.4 Å². The number of halogens is 1. The van der Waals surface area contributed by atoms with E-state index in [9.17, 15) is 10.1 Å². The molecule has 0 amide bonds. The van der Waals surface area contributed by atoms with Crippen LogP contribution >= 0.6 is 15.9 Å². The molecule has 1 aromatic heterocycles. The molecule has 7 heteroatoms. The van der Waals surface area contributed by atoms with Crippen molar-refractivity contribution in [1.29, 1.82) is 0 Å². The largest absolute Gasteiger partial charge is 0.316 e. The minimum absolute atomic E-state index is 0.0497. The Morgan fingerprint density at radius 3 is 2.46 bits per heavy atom. The first kappa shape index (κ1) is 15.9. The standard InChI is InChI=1S/C17H13BrN4O2/c18-13-3-7-15(8-4-13)21-11-1-2-17(21)12-19-20-14-5-9-16(10-6-14)22(23)24/h1-12,20H/b19-12-. The van der Waals surface area contributed by atoms with E-state index >= 15 is 0 Å². The van der Waals surface area contributed by atoms with E-state index in [4.69, 9.17) is 0 Å². The maximum atomic E-state index is 10.6. The minimum atomic E-state index is -0.432. The number of aromatic nitrogens is 1. The first-order valence-corrected chi connectivity index (χ1v) is 7.89. The van der Waals surface area contributed by atoms with Gasteiger partial charge in [-0.1, -0.05) is 15.9 Å². The number of non-ortho nitro benzene ring substituents is 1. The number of nitrogens with one attached hydrogen (secondary N) is 1. The van der Waals surface area contributed by atoms with Gasteiger partial charge in [-0.2, -0.15) is 5.10 Å². The zero-order chi connectivity index (χ0) is 16.9. The number of hydrogen-bond acceptors (Lipinski definition) is 4. The molecule has 0 saturated carbocycles. The molecule has 2 aromatic carbocycles. The van der Waals surface area contributed by atoms with Crippen molar-refractivity contribution in [2.45, 2.75) is 0 Å². The van der Waals surface area contributed by atoms with Crippen molar-refractivity contribution in [1.82, 2.24) is 4.57 Å². The SMILES string of the molecule is O=[N+]([O-])c1ccc(N/N=C\c2cccn2-c2ccc(Br)cc2)cc1. The number of hydrogen-bond donors (Lipinski definition) is 1. The summed E-state index contributed by atoms with van der Waals surface area (Å²) in [5.41, 5.74) is 5.53. The Hall–Kier alpha value is -2.93. The fraction of sp³-hybridized carbons (Fsp3) is 0. The molecule has 0 atom stereocenters. The lowest BCUT2D eigenvalue weighted by atomic mass is 10.3. The first-order chi connectivity index (χ1) is 11.6. The molecule has 0 unspecified atom stereocenters. The normalized spacial score (nSPS) is 10.9. The van der Waals surface area contributed by atoms with Gasteiger partial charge in [-0.3, -0.25) is 15.5 Å². The molecule has 0 radical (unpaired) electrons. The smallest absolute Gasteiger partial charge is 0.269 e. The van der Waals surface area contributed by atoms with Gasteiger partial charge in [0.1, 0.15) is 0 Å². The van der Waals surface area contributed by atoms with Crippen molar-refractivity contribution in [2.75, 3.05) is 5.43 Å². The summed E-state index contributed by atoms with van der Waals surface area (Å²) >= 11 is 3.42. The summed E-state index contributed by atoms with van der Waals surface area (Å²) in [6.45, 7) is 0. The monoisotopic (exact) mass is 384 g/mol. The third-order valence-corrected chi connectivity index (χ3v) is 3.88. The van der Waals surface area contributed by atoms with Crippen molar-refractivity contribution >= 4 is 33.5 Å². The third kappa shape index (κ3) is 3.69. The second kappa shape index (κ2) is 7.10. The van der Waals surface area contributed by atoms with Crippen molar-refractivity contribution < 1.29 is 4.92 Å². The molecule has 24 heavy (non-hydrogen) atoms. The molecule has 1 N–H and O–H groups in total. The average Bonchev–Trinajstić information content (AvgIpc) is 3.04. The van der Waals surface area contributed by atoms with Crippen LogP contribution in [0.4, 0.5) is 11.4 Å². The highest BCUT2D eigenvalue weighted by Gasteiger charge is 2.03. The lowest BCUT2D eigenvalue weighted by molar-refractivity contribution is -0.384. The number of anilines is 1. The molecular formula is C17H13BrN4O2. The zero-order valence-electron chi connectivity index (χ0n) is 12.5. The number of nitrogens with zero attached hydrogens (tertiary/aromatic N) is 3. The first-order valence-electron chi connectivity index (χ1n) is 7.10. The van der Waals surface area contributed by atoms with E-state index in [1.807, 2.05) is 47.2 Å². The van der Waals surface area contributed by atoms with Gasteiger partial charge in [-0.15, -0.1) is 0 Å². The molecule has 6 nitrogen and oxygen atoms in total. The summed E-state index contributed by atoms with van der Waals surface area (Å²) in [5.74, 6) is 0. The molecular weight excluding hydrogens is 372 g/mol. The highest BCUT2D eigenvalue weighted by atomic mass is 79.9. The van der Waals surface area contributed by atoms with E-state index < -0.39 is 4.92 Å². The van der Waals surface area contributed by atoms with Crippen molar-refractivity contribution in [3.05, 3.63) is 87.1 Å². The third-order valence-electron chi connectivity index (χ3n) is 3.35. The van der Waals surface area contributed by atoms with Crippen LogP contribution in [0.3, 0.4) is 0 Å². The quantitative estimate of drug-likeness (QED) is 0.397. The molecule has 3 aromatic rings. The number of hydrazone groups is 1. The van der Waals surface area contributed by atoms with E-state index in [2.05, 4.69) is 26.5 Å². The van der Waals surface area contributed by atoms with Gasteiger partial charge in [-0.05, 0) is 48.5 Å². The molecule has 0 aliphatic rings. The molecule has 0 bridgehead atoms. The van der Waals surface area contributed by atoms with Gasteiger partial charge in [-0.25, -0.2) is 0 Å². The van der Waals surface area contributed by atoms with Gasteiger partial charge < -0.3 is 4.57 Å². The summed E-state index contributed by atoms with van der Waals surface area (Å²) in [5, 5.41) is 14.8. The Bertz CT molecular complexity index is 870. The lowest BCUT2D eigenvalue weighted by Gasteiger charge is -2.06. The van der Waals surface area contributed by atoms with Crippen LogP contribution in [0.2, 0.25) is 0 Å². The average molecular weight is 385 g/mol. The van der Waals surface area contributed by atoms with E-state index in [1.54, 1.807) is 18.3 Å². The highest BCUT2D eigenvalue weighted by Crippen LogP contribution is 2.17. The van der Waals surface area contributed by atoms with Crippen LogP contribution in [0, 0.1) is 10.1 Å². The van der Waals surface area contributed by atoms with Crippen LogP contribution in [-0.4, -0.2) is 15.7 Å². The van der Waals surface area contributed by atoms with E-state index in [-0.39, 0.29) is 5.69 Å². The van der Waals surface area contributed by atoms with Crippen LogP contribution in [0.25, 0.3) is 5.69 Å². The Morgan fingerprint density at radius 1 is 1.08 bits per heavy atom. The lowest BCUT2D eigenvalue weighted by Crippen LogP contribution is -1.99. The van der Waals surface area contributed by atoms with Crippen LogP contribution in [0.5, 0.6) is 0 Å². The maximum Gasteiger partial charge on any atom is 0.269 e. The molecule has 0 spiro atoms. The van der Waals surface area contributed by atoms with Crippen molar-refractivity contribution in [2.24, 2.45) is 5.10 Å². The Balaban J connectivity index is 1.72. The summed E-state index contributed by atoms with van der Waals surface area (Å²) < 4.78 is 3.03. The van der Waals surface area contributed by atoms with Crippen molar-refractivity contribution in [3.63, 3.8) is 0 Å². The number of benzene rings is 2. The van der Waals surface area contributed by atoms with E-state index in [0.29, 0.717) is 5.69 Å². The summed E-state index contributed by atoms with van der Waals surface area (Å²) in [6.07, 6.45) is 3.65. The Labute approximate surface area is 146 Å². The van der Waals surface area contributed by atoms with Gasteiger partial charge >= 0.3 is 0 Å². The topological polar surface area (TPSA) is 72.5 Å². The van der Waals surface area contributed by atoms with Gasteiger partial charge in [0.15, 0.2) is 0 Å². The zero-order valence-corrected chi connectivity index (χ0v) is 14.1. The van der Waals surface area contributed by atoms with Crippen LogP contribution < -0.4 is 5.43 Å². The molecule has 0 fully saturated rings. The predicted molar refractivity (Wildman–Crippen MR) is 97.8 cm³/mol. The Morgan fingerprint density at radius 2 is 1.79 bits per heavy atom. The van der Waals surface area contributed by atoms with Gasteiger partial charge in [0, 0.05) is 28.5 Å². The van der Waals surface area contributed by atoms with Gasteiger partial charge in [0.2, 0.25) is 0 Å². The van der Waals surface area contributed by atoms with E-state index in [0.717, 1.165) is 15.9 Å². The molecule has 0 aliphatic heterocycles. The number of rotatable bonds is 5. The number of nitro groups is 1. The number of nitro benzene ring substituents is 1. The van der Waals surface area contributed by atoms with Gasteiger partial charge in [0.25, 0.3) is 5.69 Å².